The zero-order chi connectivity index (χ0) is 14.3. The fraction of sp³-hybridized carbons (Fsp3) is 0.545. The molecule has 0 radical (unpaired) electrons. The number of rotatable bonds is 8. The first-order valence-electron chi connectivity index (χ1n) is 5.62. The summed E-state index contributed by atoms with van der Waals surface area (Å²) in [7, 11) is -0.583. The van der Waals surface area contributed by atoms with Gasteiger partial charge in [0.15, 0.2) is 0 Å². The van der Waals surface area contributed by atoms with Crippen LogP contribution in [0.25, 0.3) is 0 Å². The van der Waals surface area contributed by atoms with Gasteiger partial charge in [-0.05, 0) is 12.1 Å². The van der Waals surface area contributed by atoms with Gasteiger partial charge in [-0.15, -0.1) is 0 Å². The zero-order valence-corrected chi connectivity index (χ0v) is 12.4. The molecular formula is C11H17ClN2O4S. The van der Waals surface area contributed by atoms with Crippen molar-refractivity contribution < 1.29 is 17.9 Å². The first-order chi connectivity index (χ1) is 9.02. The lowest BCUT2D eigenvalue weighted by atomic mass is 10.5. The fourth-order valence-electron chi connectivity index (χ4n) is 1.43. The third kappa shape index (κ3) is 4.70. The molecule has 0 N–H and O–H groups in total. The molecule has 6 nitrogen and oxygen atoms in total. The number of pyridine rings is 1. The van der Waals surface area contributed by atoms with Crippen LogP contribution < -0.4 is 0 Å². The van der Waals surface area contributed by atoms with E-state index in [2.05, 4.69) is 4.98 Å². The number of hydrogen-bond acceptors (Lipinski definition) is 5. The molecule has 0 atom stereocenters. The summed E-state index contributed by atoms with van der Waals surface area (Å²) in [4.78, 5) is 3.88. The predicted octanol–water partition coefficient (Wildman–Crippen LogP) is 1.02. The monoisotopic (exact) mass is 308 g/mol. The van der Waals surface area contributed by atoms with Crippen molar-refractivity contribution >= 4 is 21.6 Å². The molecule has 1 heterocycles. The van der Waals surface area contributed by atoms with Gasteiger partial charge in [0.05, 0.1) is 18.1 Å². The van der Waals surface area contributed by atoms with E-state index in [0.29, 0.717) is 13.2 Å². The average Bonchev–Trinajstić information content (AvgIpc) is 2.38. The molecule has 8 heteroatoms. The van der Waals surface area contributed by atoms with Crippen molar-refractivity contribution in [3.8, 4) is 0 Å². The number of halogens is 1. The maximum Gasteiger partial charge on any atom is 0.243 e. The molecule has 0 fully saturated rings. The highest BCUT2D eigenvalue weighted by Crippen LogP contribution is 2.17. The van der Waals surface area contributed by atoms with Crippen LogP contribution in [-0.2, 0) is 19.5 Å². The quantitative estimate of drug-likeness (QED) is 0.671. The highest BCUT2D eigenvalue weighted by Gasteiger charge is 2.24. The highest BCUT2D eigenvalue weighted by molar-refractivity contribution is 7.89. The van der Waals surface area contributed by atoms with E-state index in [4.69, 9.17) is 21.1 Å². The molecular weight excluding hydrogens is 292 g/mol. The van der Waals surface area contributed by atoms with Crippen molar-refractivity contribution in [2.24, 2.45) is 0 Å². The zero-order valence-electron chi connectivity index (χ0n) is 10.9. The van der Waals surface area contributed by atoms with Crippen LogP contribution in [0.3, 0.4) is 0 Å². The minimum absolute atomic E-state index is 0.111. The van der Waals surface area contributed by atoms with Crippen LogP contribution in [0.15, 0.2) is 23.2 Å². The normalized spacial score (nSPS) is 12.0. The van der Waals surface area contributed by atoms with Gasteiger partial charge in [-0.25, -0.2) is 13.4 Å². The molecule has 1 rings (SSSR count). The molecule has 0 aliphatic heterocycles. The fourth-order valence-corrected chi connectivity index (χ4v) is 3.09. The molecule has 0 unspecified atom stereocenters. The topological polar surface area (TPSA) is 68.7 Å². The van der Waals surface area contributed by atoms with Crippen LogP contribution in [0, 0.1) is 0 Å². The lowest BCUT2D eigenvalue weighted by Crippen LogP contribution is -2.36. The van der Waals surface area contributed by atoms with Gasteiger partial charge in [0.2, 0.25) is 10.0 Å². The first-order valence-corrected chi connectivity index (χ1v) is 7.43. The number of sulfonamides is 1. The number of ether oxygens (including phenoxy) is 2. The van der Waals surface area contributed by atoms with E-state index >= 15 is 0 Å². The summed E-state index contributed by atoms with van der Waals surface area (Å²) in [6.45, 7) is 1.12. The lowest BCUT2D eigenvalue weighted by molar-refractivity contribution is 0.150. The molecule has 0 spiro atoms. The van der Waals surface area contributed by atoms with Gasteiger partial charge in [0, 0.05) is 33.5 Å². The molecule has 108 valence electrons. The minimum atomic E-state index is -3.62. The first kappa shape index (κ1) is 16.3. The smallest absolute Gasteiger partial charge is 0.243 e. The van der Waals surface area contributed by atoms with Crippen LogP contribution in [0.4, 0.5) is 0 Å². The van der Waals surface area contributed by atoms with Gasteiger partial charge in [-0.2, -0.15) is 4.31 Å². The predicted molar refractivity (Wildman–Crippen MR) is 71.8 cm³/mol. The Morgan fingerprint density at radius 3 is 2.32 bits per heavy atom. The lowest BCUT2D eigenvalue weighted by Gasteiger charge is -2.21. The minimum Gasteiger partial charge on any atom is -0.383 e. The maximum absolute atomic E-state index is 12.4. The standard InChI is InChI=1S/C11H17ClN2O4S/c1-17-7-5-14(6-8-18-2)19(15,16)10-3-4-13-11(12)9-10/h3-4,9H,5-8H2,1-2H3. The summed E-state index contributed by atoms with van der Waals surface area (Å²) in [6.07, 6.45) is 1.36. The molecule has 1 aromatic rings. The summed E-state index contributed by atoms with van der Waals surface area (Å²) in [5.41, 5.74) is 0. The molecule has 19 heavy (non-hydrogen) atoms. The molecule has 0 bridgehead atoms. The third-order valence-corrected chi connectivity index (χ3v) is 4.53. The Kier molecular flexibility index (Phi) is 6.67. The maximum atomic E-state index is 12.4. The van der Waals surface area contributed by atoms with E-state index < -0.39 is 10.0 Å². The van der Waals surface area contributed by atoms with Crippen LogP contribution in [0.2, 0.25) is 5.15 Å². The molecule has 0 aliphatic carbocycles. The van der Waals surface area contributed by atoms with Crippen molar-refractivity contribution in [3.05, 3.63) is 23.5 Å². The molecule has 1 aromatic heterocycles. The van der Waals surface area contributed by atoms with Crippen LogP contribution in [0.1, 0.15) is 0 Å². The van der Waals surface area contributed by atoms with Gasteiger partial charge in [-0.3, -0.25) is 0 Å². The summed E-state index contributed by atoms with van der Waals surface area (Å²) in [5.74, 6) is 0. The Labute approximate surface area is 118 Å². The Morgan fingerprint density at radius 1 is 1.26 bits per heavy atom. The molecule has 0 aromatic carbocycles. The van der Waals surface area contributed by atoms with Crippen molar-refractivity contribution in [1.29, 1.82) is 0 Å². The summed E-state index contributed by atoms with van der Waals surface area (Å²) in [5, 5.41) is 0.138. The van der Waals surface area contributed by atoms with Gasteiger partial charge in [0.25, 0.3) is 0 Å². The highest BCUT2D eigenvalue weighted by atomic mass is 35.5. The summed E-state index contributed by atoms with van der Waals surface area (Å²) in [6, 6.07) is 2.73. The van der Waals surface area contributed by atoms with Crippen molar-refractivity contribution in [1.82, 2.24) is 9.29 Å². The van der Waals surface area contributed by atoms with E-state index in [9.17, 15) is 8.42 Å². The largest absolute Gasteiger partial charge is 0.383 e. The van der Waals surface area contributed by atoms with Gasteiger partial charge in [0.1, 0.15) is 5.15 Å². The number of nitrogens with zero attached hydrogens (tertiary/aromatic N) is 2. The average molecular weight is 309 g/mol. The van der Waals surface area contributed by atoms with Gasteiger partial charge < -0.3 is 9.47 Å². The third-order valence-electron chi connectivity index (χ3n) is 2.43. The van der Waals surface area contributed by atoms with Crippen molar-refractivity contribution in [2.75, 3.05) is 40.5 Å². The number of methoxy groups -OCH3 is 2. The number of hydrogen-bond donors (Lipinski definition) is 0. The number of aromatic nitrogens is 1. The van der Waals surface area contributed by atoms with E-state index in [1.165, 1.54) is 36.9 Å². The van der Waals surface area contributed by atoms with E-state index in [-0.39, 0.29) is 23.1 Å². The Morgan fingerprint density at radius 2 is 1.84 bits per heavy atom. The molecule has 0 aliphatic rings. The Balaban J connectivity index is 2.97. The SMILES string of the molecule is COCCN(CCOC)S(=O)(=O)c1ccnc(Cl)c1. The van der Waals surface area contributed by atoms with Gasteiger partial charge in [-0.1, -0.05) is 11.6 Å². The Bertz CT molecular complexity index is 487. The molecule has 0 saturated carbocycles. The van der Waals surface area contributed by atoms with Crippen LogP contribution in [-0.4, -0.2) is 58.2 Å². The second-order valence-electron chi connectivity index (χ2n) is 3.70. The van der Waals surface area contributed by atoms with Crippen LogP contribution >= 0.6 is 11.6 Å². The Hall–Kier alpha value is -0.730. The van der Waals surface area contributed by atoms with E-state index in [1.807, 2.05) is 0 Å². The van der Waals surface area contributed by atoms with E-state index in [0.717, 1.165) is 0 Å². The van der Waals surface area contributed by atoms with Crippen molar-refractivity contribution in [3.63, 3.8) is 0 Å². The molecule has 0 saturated heterocycles. The summed E-state index contributed by atoms with van der Waals surface area (Å²) >= 11 is 5.72. The second kappa shape index (κ2) is 7.76. The van der Waals surface area contributed by atoms with E-state index in [1.54, 1.807) is 0 Å². The summed E-state index contributed by atoms with van der Waals surface area (Å²) < 4.78 is 36.0. The van der Waals surface area contributed by atoms with Crippen molar-refractivity contribution in [2.45, 2.75) is 4.90 Å². The molecule has 0 amide bonds. The second-order valence-corrected chi connectivity index (χ2v) is 6.03. The van der Waals surface area contributed by atoms with Gasteiger partial charge >= 0.3 is 0 Å². The van der Waals surface area contributed by atoms with Crippen LogP contribution in [0.5, 0.6) is 0 Å².